The van der Waals surface area contributed by atoms with Gasteiger partial charge in [-0.05, 0) is 24.6 Å². The van der Waals surface area contributed by atoms with Gasteiger partial charge in [-0.25, -0.2) is 0 Å². The van der Waals surface area contributed by atoms with Gasteiger partial charge in [0.15, 0.2) is 0 Å². The monoisotopic (exact) mass is 302 g/mol. The number of benzene rings is 1. The lowest BCUT2D eigenvalue weighted by Gasteiger charge is -2.12. The second kappa shape index (κ2) is 8.02. The predicted octanol–water partition coefficient (Wildman–Crippen LogP) is 3.13. The van der Waals surface area contributed by atoms with Gasteiger partial charge in [-0.15, -0.1) is 23.2 Å². The number of nitrogens with one attached hydrogen (secondary N) is 2. The van der Waals surface area contributed by atoms with Crippen molar-refractivity contribution in [3.63, 3.8) is 0 Å². The zero-order chi connectivity index (χ0) is 14.3. The lowest BCUT2D eigenvalue weighted by atomic mass is 10.2. The Bertz CT molecular complexity index is 464. The van der Waals surface area contributed by atoms with Crippen molar-refractivity contribution in [3.05, 3.63) is 23.8 Å². The molecule has 0 aliphatic carbocycles. The number of amides is 2. The van der Waals surface area contributed by atoms with Crippen LogP contribution in [0.2, 0.25) is 0 Å². The fourth-order valence-electron chi connectivity index (χ4n) is 1.47. The molecule has 0 saturated heterocycles. The highest BCUT2D eigenvalue weighted by atomic mass is 35.5. The Labute approximate surface area is 122 Å². The van der Waals surface area contributed by atoms with Gasteiger partial charge in [0, 0.05) is 24.6 Å². The van der Waals surface area contributed by atoms with Gasteiger partial charge in [-0.3, -0.25) is 9.59 Å². The lowest BCUT2D eigenvalue weighted by molar-refractivity contribution is -0.116. The van der Waals surface area contributed by atoms with Crippen LogP contribution in [0, 0.1) is 6.92 Å². The number of carbonyl (C=O) groups excluding carboxylic acids is 2. The maximum atomic E-state index is 11.6. The number of hydrogen-bond donors (Lipinski definition) is 2. The molecule has 0 radical (unpaired) electrons. The molecular weight excluding hydrogens is 287 g/mol. The molecule has 1 aromatic carbocycles. The molecule has 104 valence electrons. The largest absolute Gasteiger partial charge is 0.324 e. The molecule has 0 atom stereocenters. The van der Waals surface area contributed by atoms with Crippen LogP contribution in [-0.4, -0.2) is 23.6 Å². The highest BCUT2D eigenvalue weighted by molar-refractivity contribution is 6.19. The molecule has 6 heteroatoms. The van der Waals surface area contributed by atoms with E-state index in [-0.39, 0.29) is 36.4 Å². The summed E-state index contributed by atoms with van der Waals surface area (Å²) in [4.78, 5) is 23.1. The summed E-state index contributed by atoms with van der Waals surface area (Å²) in [7, 11) is 0. The molecule has 1 rings (SSSR count). The first-order valence-corrected chi connectivity index (χ1v) is 6.96. The maximum Gasteiger partial charge on any atom is 0.225 e. The van der Waals surface area contributed by atoms with Crippen molar-refractivity contribution >= 4 is 46.4 Å². The van der Waals surface area contributed by atoms with E-state index in [9.17, 15) is 9.59 Å². The number of aryl methyl sites for hydroxylation is 1. The van der Waals surface area contributed by atoms with Crippen LogP contribution in [0.15, 0.2) is 18.2 Å². The van der Waals surface area contributed by atoms with Gasteiger partial charge in [0.05, 0.1) is 11.4 Å². The summed E-state index contributed by atoms with van der Waals surface area (Å²) in [6.45, 7) is 1.90. The van der Waals surface area contributed by atoms with Crippen LogP contribution in [0.1, 0.15) is 18.4 Å². The average Bonchev–Trinajstić information content (AvgIpc) is 2.33. The van der Waals surface area contributed by atoms with Gasteiger partial charge >= 0.3 is 0 Å². The Kier molecular flexibility index (Phi) is 6.67. The number of halogens is 2. The summed E-state index contributed by atoms with van der Waals surface area (Å²) in [5, 5.41) is 5.44. The normalized spacial score (nSPS) is 10.1. The van der Waals surface area contributed by atoms with E-state index in [1.54, 1.807) is 12.1 Å². The van der Waals surface area contributed by atoms with Crippen LogP contribution in [0.4, 0.5) is 11.4 Å². The second-order valence-corrected chi connectivity index (χ2v) is 4.78. The van der Waals surface area contributed by atoms with Gasteiger partial charge in [0.25, 0.3) is 0 Å². The van der Waals surface area contributed by atoms with Crippen LogP contribution in [-0.2, 0) is 9.59 Å². The van der Waals surface area contributed by atoms with E-state index in [1.807, 2.05) is 13.0 Å². The van der Waals surface area contributed by atoms with Crippen molar-refractivity contribution in [2.45, 2.75) is 19.8 Å². The van der Waals surface area contributed by atoms with Crippen LogP contribution in [0.5, 0.6) is 0 Å². The molecule has 0 aliphatic rings. The predicted molar refractivity (Wildman–Crippen MR) is 79.1 cm³/mol. The first kappa shape index (κ1) is 15.8. The number of anilines is 2. The van der Waals surface area contributed by atoms with E-state index in [1.165, 1.54) is 0 Å². The molecule has 0 heterocycles. The number of alkyl halides is 2. The molecule has 0 aliphatic heterocycles. The Balaban J connectivity index is 2.85. The van der Waals surface area contributed by atoms with E-state index in [4.69, 9.17) is 23.2 Å². The molecule has 0 fully saturated rings. The van der Waals surface area contributed by atoms with E-state index >= 15 is 0 Å². The molecule has 0 bridgehead atoms. The van der Waals surface area contributed by atoms with Crippen molar-refractivity contribution < 1.29 is 9.59 Å². The Morgan fingerprint density at radius 1 is 1.00 bits per heavy atom. The van der Waals surface area contributed by atoms with Crippen molar-refractivity contribution in [1.29, 1.82) is 0 Å². The molecule has 0 saturated carbocycles. The summed E-state index contributed by atoms with van der Waals surface area (Å²) in [6.07, 6.45) is 0.453. The molecule has 0 aromatic heterocycles. The molecule has 2 amide bonds. The SMILES string of the molecule is Cc1ccc(NC(=O)CCCl)c(NC(=O)CCCl)c1. The third-order valence-electron chi connectivity index (χ3n) is 2.37. The Hall–Kier alpha value is -1.26. The molecule has 2 N–H and O–H groups in total. The first-order chi connectivity index (χ1) is 9.06. The van der Waals surface area contributed by atoms with E-state index in [2.05, 4.69) is 10.6 Å². The summed E-state index contributed by atoms with van der Waals surface area (Å²) >= 11 is 11.0. The molecule has 0 spiro atoms. The third-order valence-corrected chi connectivity index (χ3v) is 2.74. The molecule has 19 heavy (non-hydrogen) atoms. The summed E-state index contributed by atoms with van der Waals surface area (Å²) in [6, 6.07) is 5.40. The van der Waals surface area contributed by atoms with Crippen molar-refractivity contribution in [2.75, 3.05) is 22.4 Å². The van der Waals surface area contributed by atoms with Crippen LogP contribution < -0.4 is 10.6 Å². The minimum atomic E-state index is -0.188. The molecule has 4 nitrogen and oxygen atoms in total. The zero-order valence-corrected chi connectivity index (χ0v) is 12.1. The van der Waals surface area contributed by atoms with Crippen LogP contribution >= 0.6 is 23.2 Å². The third kappa shape index (κ3) is 5.49. The number of rotatable bonds is 6. The smallest absolute Gasteiger partial charge is 0.225 e. The van der Waals surface area contributed by atoms with Crippen LogP contribution in [0.25, 0.3) is 0 Å². The van der Waals surface area contributed by atoms with Crippen molar-refractivity contribution in [2.24, 2.45) is 0 Å². The quantitative estimate of drug-likeness (QED) is 0.793. The van der Waals surface area contributed by atoms with Crippen molar-refractivity contribution in [1.82, 2.24) is 0 Å². The average molecular weight is 303 g/mol. The topological polar surface area (TPSA) is 58.2 Å². The first-order valence-electron chi connectivity index (χ1n) is 5.89. The van der Waals surface area contributed by atoms with Gasteiger partial charge in [0.2, 0.25) is 11.8 Å². The van der Waals surface area contributed by atoms with E-state index in [0.29, 0.717) is 11.4 Å². The summed E-state index contributed by atoms with van der Waals surface area (Å²) in [5.41, 5.74) is 2.11. The number of hydrogen-bond acceptors (Lipinski definition) is 2. The van der Waals surface area contributed by atoms with Gasteiger partial charge in [0.1, 0.15) is 0 Å². The summed E-state index contributed by atoms with van der Waals surface area (Å²) in [5.74, 6) is 0.136. The van der Waals surface area contributed by atoms with Gasteiger partial charge in [-0.1, -0.05) is 6.07 Å². The van der Waals surface area contributed by atoms with Crippen LogP contribution in [0.3, 0.4) is 0 Å². The molecular formula is C13H16Cl2N2O2. The van der Waals surface area contributed by atoms with Gasteiger partial charge in [-0.2, -0.15) is 0 Å². The minimum Gasteiger partial charge on any atom is -0.324 e. The highest BCUT2D eigenvalue weighted by Gasteiger charge is 2.09. The highest BCUT2D eigenvalue weighted by Crippen LogP contribution is 2.23. The fraction of sp³-hybridized carbons (Fsp3) is 0.385. The second-order valence-electron chi connectivity index (χ2n) is 4.02. The Morgan fingerprint density at radius 3 is 2.05 bits per heavy atom. The summed E-state index contributed by atoms with van der Waals surface area (Å²) < 4.78 is 0. The number of carbonyl (C=O) groups is 2. The molecule has 0 unspecified atom stereocenters. The molecule has 1 aromatic rings. The van der Waals surface area contributed by atoms with Crippen molar-refractivity contribution in [3.8, 4) is 0 Å². The van der Waals surface area contributed by atoms with E-state index < -0.39 is 0 Å². The standard InChI is InChI=1S/C13H16Cl2N2O2/c1-9-2-3-10(16-12(18)4-6-14)11(8-9)17-13(19)5-7-15/h2-3,8H,4-7H2,1H3,(H,16,18)(H,17,19). The van der Waals surface area contributed by atoms with Gasteiger partial charge < -0.3 is 10.6 Å². The lowest BCUT2D eigenvalue weighted by Crippen LogP contribution is -2.17. The zero-order valence-electron chi connectivity index (χ0n) is 10.6. The van der Waals surface area contributed by atoms with E-state index in [0.717, 1.165) is 5.56 Å². The Morgan fingerprint density at radius 2 is 1.53 bits per heavy atom. The fourth-order valence-corrected chi connectivity index (χ4v) is 1.81. The minimum absolute atomic E-state index is 0.187. The maximum absolute atomic E-state index is 11.6.